The number of rotatable bonds is 9. The molecular weight excluding hydrogens is 350 g/mol. The summed E-state index contributed by atoms with van der Waals surface area (Å²) in [5, 5.41) is 3.10. The number of para-hydroxylation sites is 1. The normalized spacial score (nSPS) is 16.5. The van der Waals surface area contributed by atoms with E-state index in [1.165, 1.54) is 0 Å². The molecule has 1 atom stereocenters. The van der Waals surface area contributed by atoms with Gasteiger partial charge in [-0.25, -0.2) is 0 Å². The van der Waals surface area contributed by atoms with Crippen molar-refractivity contribution in [1.29, 1.82) is 0 Å². The van der Waals surface area contributed by atoms with Crippen molar-refractivity contribution in [2.75, 3.05) is 45.9 Å². The summed E-state index contributed by atoms with van der Waals surface area (Å²) < 4.78 is 5.78. The van der Waals surface area contributed by atoms with Crippen LogP contribution in [0.5, 0.6) is 5.75 Å². The van der Waals surface area contributed by atoms with E-state index in [1.54, 1.807) is 0 Å². The van der Waals surface area contributed by atoms with Gasteiger partial charge in [-0.1, -0.05) is 48.5 Å². The average molecular weight is 382 g/mol. The van der Waals surface area contributed by atoms with Crippen LogP contribution in [0.15, 0.2) is 60.7 Å². The van der Waals surface area contributed by atoms with Gasteiger partial charge in [0.25, 0.3) is 0 Å². The molecule has 0 bridgehead atoms. The lowest BCUT2D eigenvalue weighted by Crippen LogP contribution is -2.48. The molecule has 1 aliphatic heterocycles. The van der Waals surface area contributed by atoms with E-state index in [4.69, 9.17) is 4.74 Å². The lowest BCUT2D eigenvalue weighted by Gasteiger charge is -2.34. The molecule has 5 nitrogen and oxygen atoms in total. The number of ether oxygens (including phenoxy) is 1. The van der Waals surface area contributed by atoms with E-state index < -0.39 is 0 Å². The van der Waals surface area contributed by atoms with E-state index in [2.05, 4.69) is 15.1 Å². The SMILES string of the molecule is C[C@@H](NC(=O)CCN1CCN(CCOc2ccccc2)CC1)c1ccccc1. The van der Waals surface area contributed by atoms with E-state index in [0.29, 0.717) is 13.0 Å². The van der Waals surface area contributed by atoms with Gasteiger partial charge in [0.2, 0.25) is 5.91 Å². The van der Waals surface area contributed by atoms with Crippen LogP contribution < -0.4 is 10.1 Å². The summed E-state index contributed by atoms with van der Waals surface area (Å²) >= 11 is 0. The molecule has 1 saturated heterocycles. The topological polar surface area (TPSA) is 44.8 Å². The van der Waals surface area contributed by atoms with Crippen LogP contribution in [0.3, 0.4) is 0 Å². The molecule has 150 valence electrons. The summed E-state index contributed by atoms with van der Waals surface area (Å²) in [4.78, 5) is 17.0. The zero-order chi connectivity index (χ0) is 19.6. The molecule has 0 spiro atoms. The number of carbonyl (C=O) groups is 1. The van der Waals surface area contributed by atoms with Crippen molar-refractivity contribution in [3.8, 4) is 5.75 Å². The van der Waals surface area contributed by atoms with Gasteiger partial charge in [0.15, 0.2) is 0 Å². The van der Waals surface area contributed by atoms with Crippen LogP contribution in [0, 0.1) is 0 Å². The minimum atomic E-state index is 0.0511. The van der Waals surface area contributed by atoms with E-state index in [0.717, 1.165) is 50.6 Å². The molecular formula is C23H31N3O2. The van der Waals surface area contributed by atoms with E-state index in [-0.39, 0.29) is 11.9 Å². The van der Waals surface area contributed by atoms with E-state index in [1.807, 2.05) is 67.6 Å². The minimum Gasteiger partial charge on any atom is -0.492 e. The first kappa shape index (κ1) is 20.4. The Morgan fingerprint density at radius 1 is 0.929 bits per heavy atom. The lowest BCUT2D eigenvalue weighted by molar-refractivity contribution is -0.122. The summed E-state index contributed by atoms with van der Waals surface area (Å²) in [6.45, 7) is 8.58. The molecule has 0 aromatic heterocycles. The number of carbonyl (C=O) groups excluding carboxylic acids is 1. The van der Waals surface area contributed by atoms with Gasteiger partial charge >= 0.3 is 0 Å². The molecule has 0 saturated carbocycles. The maximum Gasteiger partial charge on any atom is 0.221 e. The highest BCUT2D eigenvalue weighted by Crippen LogP contribution is 2.12. The van der Waals surface area contributed by atoms with Crippen LogP contribution in [-0.4, -0.2) is 61.6 Å². The Kier molecular flexibility index (Phi) is 7.88. The van der Waals surface area contributed by atoms with Crippen molar-refractivity contribution < 1.29 is 9.53 Å². The highest BCUT2D eigenvalue weighted by Gasteiger charge is 2.18. The second-order valence-electron chi connectivity index (χ2n) is 7.29. The van der Waals surface area contributed by atoms with Crippen molar-refractivity contribution in [2.24, 2.45) is 0 Å². The number of nitrogens with zero attached hydrogens (tertiary/aromatic N) is 2. The van der Waals surface area contributed by atoms with Crippen molar-refractivity contribution in [1.82, 2.24) is 15.1 Å². The van der Waals surface area contributed by atoms with Crippen LogP contribution >= 0.6 is 0 Å². The zero-order valence-electron chi connectivity index (χ0n) is 16.7. The second kappa shape index (κ2) is 10.8. The second-order valence-corrected chi connectivity index (χ2v) is 7.29. The van der Waals surface area contributed by atoms with Gasteiger partial charge < -0.3 is 15.0 Å². The fourth-order valence-electron chi connectivity index (χ4n) is 3.44. The molecule has 0 radical (unpaired) electrons. The van der Waals surface area contributed by atoms with Gasteiger partial charge in [0, 0.05) is 45.7 Å². The molecule has 5 heteroatoms. The standard InChI is InChI=1S/C23H31N3O2/c1-20(21-8-4-2-5-9-21)24-23(27)12-13-25-14-16-26(17-15-25)18-19-28-22-10-6-3-7-11-22/h2-11,20H,12-19H2,1H3,(H,24,27)/t20-/m1/s1. The van der Waals surface area contributed by atoms with Crippen molar-refractivity contribution >= 4 is 5.91 Å². The number of nitrogens with one attached hydrogen (secondary N) is 1. The number of hydrogen-bond donors (Lipinski definition) is 1. The third-order valence-corrected chi connectivity index (χ3v) is 5.22. The maximum absolute atomic E-state index is 12.2. The number of benzene rings is 2. The average Bonchev–Trinajstić information content (AvgIpc) is 2.74. The Morgan fingerprint density at radius 2 is 1.50 bits per heavy atom. The predicted octanol–water partition coefficient (Wildman–Crippen LogP) is 2.95. The summed E-state index contributed by atoms with van der Waals surface area (Å²) in [7, 11) is 0. The summed E-state index contributed by atoms with van der Waals surface area (Å²) in [5.74, 6) is 1.05. The zero-order valence-corrected chi connectivity index (χ0v) is 16.7. The summed E-state index contributed by atoms with van der Waals surface area (Å²) in [6.07, 6.45) is 0.550. The van der Waals surface area contributed by atoms with Gasteiger partial charge in [-0.15, -0.1) is 0 Å². The highest BCUT2D eigenvalue weighted by atomic mass is 16.5. The smallest absolute Gasteiger partial charge is 0.221 e. The minimum absolute atomic E-state index is 0.0511. The molecule has 1 fully saturated rings. The van der Waals surface area contributed by atoms with Gasteiger partial charge in [-0.05, 0) is 24.6 Å². The molecule has 1 N–H and O–H groups in total. The first-order chi connectivity index (χ1) is 13.7. The first-order valence-electron chi connectivity index (χ1n) is 10.2. The summed E-state index contributed by atoms with van der Waals surface area (Å²) in [6, 6.07) is 20.1. The molecule has 0 aliphatic carbocycles. The number of amides is 1. The molecule has 1 heterocycles. The maximum atomic E-state index is 12.2. The molecule has 2 aromatic rings. The lowest BCUT2D eigenvalue weighted by atomic mass is 10.1. The van der Waals surface area contributed by atoms with Crippen molar-refractivity contribution in [3.63, 3.8) is 0 Å². The Balaban J connectivity index is 1.28. The molecule has 0 unspecified atom stereocenters. The van der Waals surface area contributed by atoms with Crippen molar-refractivity contribution in [2.45, 2.75) is 19.4 Å². The van der Waals surface area contributed by atoms with Gasteiger partial charge in [0.1, 0.15) is 12.4 Å². The predicted molar refractivity (Wildman–Crippen MR) is 112 cm³/mol. The van der Waals surface area contributed by atoms with E-state index in [9.17, 15) is 4.79 Å². The van der Waals surface area contributed by atoms with Gasteiger partial charge in [-0.2, -0.15) is 0 Å². The Hall–Kier alpha value is -2.37. The molecule has 1 amide bonds. The number of hydrogen-bond acceptors (Lipinski definition) is 4. The van der Waals surface area contributed by atoms with Crippen LogP contribution in [0.25, 0.3) is 0 Å². The van der Waals surface area contributed by atoms with Crippen LogP contribution in [0.4, 0.5) is 0 Å². The third-order valence-electron chi connectivity index (χ3n) is 5.22. The van der Waals surface area contributed by atoms with Crippen LogP contribution in [0.2, 0.25) is 0 Å². The quantitative estimate of drug-likeness (QED) is 0.725. The fourth-order valence-corrected chi connectivity index (χ4v) is 3.44. The Labute approximate surface area is 168 Å². The largest absolute Gasteiger partial charge is 0.492 e. The molecule has 1 aliphatic rings. The molecule has 2 aromatic carbocycles. The Morgan fingerprint density at radius 3 is 2.14 bits per heavy atom. The Bertz CT molecular complexity index is 700. The van der Waals surface area contributed by atoms with Gasteiger partial charge in [-0.3, -0.25) is 9.69 Å². The molecule has 28 heavy (non-hydrogen) atoms. The fraction of sp³-hybridized carbons (Fsp3) is 0.435. The third kappa shape index (κ3) is 6.66. The van der Waals surface area contributed by atoms with Crippen LogP contribution in [0.1, 0.15) is 24.9 Å². The van der Waals surface area contributed by atoms with Crippen LogP contribution in [-0.2, 0) is 4.79 Å². The first-order valence-corrected chi connectivity index (χ1v) is 10.2. The van der Waals surface area contributed by atoms with E-state index >= 15 is 0 Å². The number of piperazine rings is 1. The highest BCUT2D eigenvalue weighted by molar-refractivity contribution is 5.76. The molecule has 3 rings (SSSR count). The summed E-state index contributed by atoms with van der Waals surface area (Å²) in [5.41, 5.74) is 1.14. The van der Waals surface area contributed by atoms with Gasteiger partial charge in [0.05, 0.1) is 6.04 Å². The monoisotopic (exact) mass is 381 g/mol. The van der Waals surface area contributed by atoms with Crippen molar-refractivity contribution in [3.05, 3.63) is 66.2 Å².